The van der Waals surface area contributed by atoms with Gasteiger partial charge in [0.15, 0.2) is 0 Å². The lowest BCUT2D eigenvalue weighted by Crippen LogP contribution is -2.20. The minimum absolute atomic E-state index is 0.113. The van der Waals surface area contributed by atoms with E-state index in [0.717, 1.165) is 0 Å². The first-order valence-electron chi connectivity index (χ1n) is 2.78. The van der Waals surface area contributed by atoms with Crippen LogP contribution in [0.5, 0.6) is 0 Å². The first kappa shape index (κ1) is 10.2. The van der Waals surface area contributed by atoms with Crippen molar-refractivity contribution in [3.05, 3.63) is 10.2 Å². The van der Waals surface area contributed by atoms with Gasteiger partial charge in [-0.05, 0) is 6.92 Å². The van der Waals surface area contributed by atoms with Gasteiger partial charge in [-0.15, -0.1) is 0 Å². The van der Waals surface area contributed by atoms with Crippen molar-refractivity contribution in [2.75, 3.05) is 7.11 Å². The highest BCUT2D eigenvalue weighted by atomic mass is 79.9. The molecule has 0 aromatic rings. The van der Waals surface area contributed by atoms with Gasteiger partial charge in [-0.25, -0.2) is 4.79 Å². The molecule has 0 heterocycles. The molecule has 0 spiro atoms. The summed E-state index contributed by atoms with van der Waals surface area (Å²) in [5, 5.41) is 2.21. The normalized spacial score (nSPS) is 11.5. The first-order valence-corrected chi connectivity index (χ1v) is 3.57. The van der Waals surface area contributed by atoms with Crippen molar-refractivity contribution >= 4 is 28.3 Å². The van der Waals surface area contributed by atoms with Gasteiger partial charge in [0.25, 0.3) is 0 Å². The molecule has 11 heavy (non-hydrogen) atoms. The van der Waals surface area contributed by atoms with Gasteiger partial charge in [0.2, 0.25) is 6.41 Å². The van der Waals surface area contributed by atoms with E-state index >= 15 is 0 Å². The maximum Gasteiger partial charge on any atom is 0.355 e. The maximum absolute atomic E-state index is 10.8. The third-order valence-corrected chi connectivity index (χ3v) is 1.33. The molecule has 0 aromatic heterocycles. The van der Waals surface area contributed by atoms with Crippen molar-refractivity contribution in [1.82, 2.24) is 5.32 Å². The number of amides is 1. The van der Waals surface area contributed by atoms with Crippen LogP contribution in [0.25, 0.3) is 0 Å². The molecule has 0 aromatic carbocycles. The van der Waals surface area contributed by atoms with Crippen molar-refractivity contribution in [3.63, 3.8) is 0 Å². The third kappa shape index (κ3) is 3.18. The molecule has 0 unspecified atom stereocenters. The lowest BCUT2D eigenvalue weighted by atomic mass is 10.4. The Morgan fingerprint density at radius 3 is 2.45 bits per heavy atom. The number of hydrogen-bond acceptors (Lipinski definition) is 3. The fourth-order valence-corrected chi connectivity index (χ4v) is 0.736. The Balaban J connectivity index is 4.48. The third-order valence-electron chi connectivity index (χ3n) is 0.937. The van der Waals surface area contributed by atoms with Gasteiger partial charge in [-0.3, -0.25) is 4.79 Å². The zero-order chi connectivity index (χ0) is 8.85. The van der Waals surface area contributed by atoms with E-state index in [0.29, 0.717) is 10.9 Å². The first-order chi connectivity index (χ1) is 5.13. The molecule has 0 saturated heterocycles. The summed E-state index contributed by atoms with van der Waals surface area (Å²) in [4.78, 5) is 20.8. The van der Waals surface area contributed by atoms with Crippen LogP contribution in [0.3, 0.4) is 0 Å². The highest BCUT2D eigenvalue weighted by molar-refractivity contribution is 9.11. The van der Waals surface area contributed by atoms with Gasteiger partial charge < -0.3 is 10.1 Å². The SMILES string of the molecule is COC(=O)/C(NC=O)=C(/C)Br. The molecule has 0 aliphatic carbocycles. The molecule has 0 bridgehead atoms. The van der Waals surface area contributed by atoms with Crippen LogP contribution >= 0.6 is 15.9 Å². The Morgan fingerprint density at radius 2 is 2.18 bits per heavy atom. The van der Waals surface area contributed by atoms with Crippen LogP contribution in [0.2, 0.25) is 0 Å². The van der Waals surface area contributed by atoms with Crippen LogP contribution in [0.4, 0.5) is 0 Å². The minimum atomic E-state index is -0.577. The number of allylic oxidation sites excluding steroid dienone is 1. The predicted molar refractivity (Wildman–Crippen MR) is 42.8 cm³/mol. The number of hydrogen-bond donors (Lipinski definition) is 1. The molecular weight excluding hydrogens is 214 g/mol. The Bertz CT molecular complexity index is 196. The molecule has 5 heteroatoms. The number of methoxy groups -OCH3 is 1. The molecule has 0 rings (SSSR count). The van der Waals surface area contributed by atoms with Gasteiger partial charge in [0.05, 0.1) is 7.11 Å². The average Bonchev–Trinajstić information content (AvgIpc) is 1.98. The standard InChI is InChI=1S/C6H8BrNO3/c1-4(7)5(8-3-9)6(10)11-2/h3H,1-2H3,(H,8,9)/b5-4+. The molecule has 1 amide bonds. The summed E-state index contributed by atoms with van der Waals surface area (Å²) in [6, 6.07) is 0. The highest BCUT2D eigenvalue weighted by Crippen LogP contribution is 2.08. The summed E-state index contributed by atoms with van der Waals surface area (Å²) in [6.45, 7) is 1.63. The molecule has 0 atom stereocenters. The second-order valence-corrected chi connectivity index (χ2v) is 2.85. The number of ether oxygens (including phenoxy) is 1. The van der Waals surface area contributed by atoms with E-state index in [1.807, 2.05) is 0 Å². The van der Waals surface area contributed by atoms with E-state index in [-0.39, 0.29) is 5.70 Å². The highest BCUT2D eigenvalue weighted by Gasteiger charge is 2.10. The Labute approximate surface area is 72.7 Å². The average molecular weight is 222 g/mol. The summed E-state index contributed by atoms with van der Waals surface area (Å²) >= 11 is 3.04. The topological polar surface area (TPSA) is 55.4 Å². The zero-order valence-corrected chi connectivity index (χ0v) is 7.77. The van der Waals surface area contributed by atoms with Crippen molar-refractivity contribution in [3.8, 4) is 0 Å². The molecule has 62 valence electrons. The summed E-state index contributed by atoms with van der Waals surface area (Å²) in [6.07, 6.45) is 0.414. The van der Waals surface area contributed by atoms with Crippen molar-refractivity contribution in [2.24, 2.45) is 0 Å². The summed E-state index contributed by atoms with van der Waals surface area (Å²) in [7, 11) is 1.24. The van der Waals surface area contributed by atoms with Gasteiger partial charge in [-0.2, -0.15) is 0 Å². The number of nitrogens with one attached hydrogen (secondary N) is 1. The van der Waals surface area contributed by atoms with Crippen molar-refractivity contribution in [2.45, 2.75) is 6.92 Å². The minimum Gasteiger partial charge on any atom is -0.464 e. The molecule has 0 radical (unpaired) electrons. The molecule has 4 nitrogen and oxygen atoms in total. The van der Waals surface area contributed by atoms with Crippen LogP contribution in [0.15, 0.2) is 10.2 Å². The Kier molecular flexibility index (Phi) is 4.52. The van der Waals surface area contributed by atoms with E-state index in [4.69, 9.17) is 0 Å². The number of carbonyl (C=O) groups is 2. The molecular formula is C6H8BrNO3. The van der Waals surface area contributed by atoms with Crippen LogP contribution in [-0.2, 0) is 14.3 Å². The van der Waals surface area contributed by atoms with Crippen LogP contribution in [0.1, 0.15) is 6.92 Å². The van der Waals surface area contributed by atoms with Gasteiger partial charge in [0, 0.05) is 4.48 Å². The van der Waals surface area contributed by atoms with Gasteiger partial charge in [-0.1, -0.05) is 15.9 Å². The van der Waals surface area contributed by atoms with E-state index in [1.165, 1.54) is 7.11 Å². The molecule has 1 N–H and O–H groups in total. The fourth-order valence-electron chi connectivity index (χ4n) is 0.460. The Morgan fingerprint density at radius 1 is 1.64 bits per heavy atom. The van der Waals surface area contributed by atoms with Gasteiger partial charge in [0.1, 0.15) is 5.70 Å². The zero-order valence-electron chi connectivity index (χ0n) is 6.18. The van der Waals surface area contributed by atoms with E-state index < -0.39 is 5.97 Å². The summed E-state index contributed by atoms with van der Waals surface area (Å²) < 4.78 is 4.90. The quantitative estimate of drug-likeness (QED) is 0.430. The number of rotatable bonds is 3. The van der Waals surface area contributed by atoms with Crippen LogP contribution < -0.4 is 5.32 Å². The molecule has 0 saturated carbocycles. The van der Waals surface area contributed by atoms with Crippen LogP contribution in [-0.4, -0.2) is 19.5 Å². The van der Waals surface area contributed by atoms with Crippen molar-refractivity contribution in [1.29, 1.82) is 0 Å². The molecule has 0 aliphatic rings. The fraction of sp³-hybridized carbons (Fsp3) is 0.333. The Hall–Kier alpha value is -0.840. The van der Waals surface area contributed by atoms with Crippen LogP contribution in [0, 0.1) is 0 Å². The second kappa shape index (κ2) is 4.90. The number of esters is 1. The van der Waals surface area contributed by atoms with E-state index in [9.17, 15) is 9.59 Å². The largest absolute Gasteiger partial charge is 0.464 e. The van der Waals surface area contributed by atoms with Crippen molar-refractivity contribution < 1.29 is 14.3 Å². The number of halogens is 1. The summed E-state index contributed by atoms with van der Waals surface area (Å²) in [5.41, 5.74) is 0.113. The predicted octanol–water partition coefficient (Wildman–Crippen LogP) is 0.532. The summed E-state index contributed by atoms with van der Waals surface area (Å²) in [5.74, 6) is -0.577. The lowest BCUT2D eigenvalue weighted by Gasteiger charge is -2.03. The monoisotopic (exact) mass is 221 g/mol. The maximum atomic E-state index is 10.8. The molecule has 0 aliphatic heterocycles. The lowest BCUT2D eigenvalue weighted by molar-refractivity contribution is -0.137. The molecule has 0 fully saturated rings. The van der Waals surface area contributed by atoms with E-state index in [1.54, 1.807) is 6.92 Å². The number of carbonyl (C=O) groups excluding carboxylic acids is 2. The smallest absolute Gasteiger partial charge is 0.355 e. The van der Waals surface area contributed by atoms with E-state index in [2.05, 4.69) is 26.0 Å². The second-order valence-electron chi connectivity index (χ2n) is 1.66. The van der Waals surface area contributed by atoms with Gasteiger partial charge >= 0.3 is 5.97 Å².